The van der Waals surface area contributed by atoms with E-state index in [2.05, 4.69) is 9.99 Å². The zero-order valence-electron chi connectivity index (χ0n) is 6.62. The molecule has 62 valence electrons. The SMILES string of the molecule is CON=C1CCN(C=O)CC1. The third kappa shape index (κ3) is 2.22. The first-order valence-corrected chi connectivity index (χ1v) is 3.65. The number of likely N-dealkylation sites (tertiary alicyclic amines) is 1. The van der Waals surface area contributed by atoms with E-state index in [1.54, 1.807) is 12.0 Å². The summed E-state index contributed by atoms with van der Waals surface area (Å²) in [5.41, 5.74) is 1.05. The minimum atomic E-state index is 0.770. The molecule has 1 heterocycles. The lowest BCUT2D eigenvalue weighted by Gasteiger charge is -2.22. The Kier molecular flexibility index (Phi) is 2.89. The van der Waals surface area contributed by atoms with Crippen LogP contribution >= 0.6 is 0 Å². The highest BCUT2D eigenvalue weighted by Gasteiger charge is 2.12. The molecule has 0 aliphatic carbocycles. The zero-order chi connectivity index (χ0) is 8.10. The normalized spacial score (nSPS) is 17.9. The fourth-order valence-corrected chi connectivity index (χ4v) is 1.11. The lowest BCUT2D eigenvalue weighted by Crippen LogP contribution is -2.32. The molecule has 4 heteroatoms. The van der Waals surface area contributed by atoms with E-state index in [0.717, 1.165) is 38.1 Å². The van der Waals surface area contributed by atoms with Gasteiger partial charge >= 0.3 is 0 Å². The van der Waals surface area contributed by atoms with Crippen LogP contribution in [-0.4, -0.2) is 37.2 Å². The number of rotatable bonds is 2. The lowest BCUT2D eigenvalue weighted by atomic mass is 10.1. The predicted molar refractivity (Wildman–Crippen MR) is 41.3 cm³/mol. The van der Waals surface area contributed by atoms with Crippen molar-refractivity contribution in [3.63, 3.8) is 0 Å². The molecule has 0 radical (unpaired) electrons. The second-order valence-corrected chi connectivity index (χ2v) is 2.48. The minimum absolute atomic E-state index is 0.770. The summed E-state index contributed by atoms with van der Waals surface area (Å²) in [5.74, 6) is 0. The molecule has 1 aliphatic heterocycles. The second-order valence-electron chi connectivity index (χ2n) is 2.48. The summed E-state index contributed by atoms with van der Waals surface area (Å²) in [6.45, 7) is 1.54. The molecular formula is C7H12N2O2. The van der Waals surface area contributed by atoms with Crippen LogP contribution in [0.4, 0.5) is 0 Å². The number of amides is 1. The fourth-order valence-electron chi connectivity index (χ4n) is 1.11. The standard InChI is InChI=1S/C7H12N2O2/c1-11-8-7-2-4-9(6-10)5-3-7/h6H,2-5H2,1H3. The number of hydrogen-bond donors (Lipinski definition) is 0. The monoisotopic (exact) mass is 156 g/mol. The first kappa shape index (κ1) is 8.04. The van der Waals surface area contributed by atoms with Gasteiger partial charge in [0.15, 0.2) is 0 Å². The summed E-state index contributed by atoms with van der Waals surface area (Å²) < 4.78 is 0. The van der Waals surface area contributed by atoms with Crippen LogP contribution in [-0.2, 0) is 9.63 Å². The second kappa shape index (κ2) is 3.95. The smallest absolute Gasteiger partial charge is 0.209 e. The van der Waals surface area contributed by atoms with Crippen molar-refractivity contribution in [2.24, 2.45) is 5.16 Å². The minimum Gasteiger partial charge on any atom is -0.399 e. The molecule has 4 nitrogen and oxygen atoms in total. The molecule has 11 heavy (non-hydrogen) atoms. The molecule has 0 bridgehead atoms. The Hall–Kier alpha value is -1.06. The highest BCUT2D eigenvalue weighted by molar-refractivity contribution is 5.85. The number of oxime groups is 1. The van der Waals surface area contributed by atoms with Crippen molar-refractivity contribution in [2.45, 2.75) is 12.8 Å². The van der Waals surface area contributed by atoms with Gasteiger partial charge < -0.3 is 9.74 Å². The van der Waals surface area contributed by atoms with Crippen LogP contribution in [0.25, 0.3) is 0 Å². The van der Waals surface area contributed by atoms with Gasteiger partial charge in [0.05, 0.1) is 5.71 Å². The van der Waals surface area contributed by atoms with E-state index in [1.807, 2.05) is 0 Å². The van der Waals surface area contributed by atoms with Gasteiger partial charge in [-0.1, -0.05) is 5.16 Å². The summed E-state index contributed by atoms with van der Waals surface area (Å²) in [6.07, 6.45) is 2.56. The first-order valence-electron chi connectivity index (χ1n) is 3.65. The molecule has 1 fully saturated rings. The van der Waals surface area contributed by atoms with Gasteiger partial charge in [0.25, 0.3) is 0 Å². The zero-order valence-corrected chi connectivity index (χ0v) is 6.62. The van der Waals surface area contributed by atoms with Gasteiger partial charge in [-0.3, -0.25) is 4.79 Å². The molecule has 0 saturated carbocycles. The van der Waals surface area contributed by atoms with Crippen LogP contribution in [0, 0.1) is 0 Å². The molecule has 1 aliphatic rings. The van der Waals surface area contributed by atoms with Crippen LogP contribution < -0.4 is 0 Å². The van der Waals surface area contributed by atoms with Crippen molar-refractivity contribution in [2.75, 3.05) is 20.2 Å². The van der Waals surface area contributed by atoms with E-state index < -0.39 is 0 Å². The number of carbonyl (C=O) groups excluding carboxylic acids is 1. The van der Waals surface area contributed by atoms with E-state index in [9.17, 15) is 4.79 Å². The van der Waals surface area contributed by atoms with Crippen molar-refractivity contribution in [3.8, 4) is 0 Å². The summed E-state index contributed by atoms with van der Waals surface area (Å²) in [4.78, 5) is 16.7. The topological polar surface area (TPSA) is 41.9 Å². The molecule has 0 aromatic heterocycles. The third-order valence-electron chi connectivity index (χ3n) is 1.74. The number of hydrogen-bond acceptors (Lipinski definition) is 3. The van der Waals surface area contributed by atoms with Gasteiger partial charge in [0.2, 0.25) is 6.41 Å². The van der Waals surface area contributed by atoms with Crippen molar-refractivity contribution < 1.29 is 9.63 Å². The maximum absolute atomic E-state index is 10.3. The lowest BCUT2D eigenvalue weighted by molar-refractivity contribution is -0.118. The average molecular weight is 156 g/mol. The quantitative estimate of drug-likeness (QED) is 0.424. The van der Waals surface area contributed by atoms with Crippen molar-refractivity contribution in [1.82, 2.24) is 4.90 Å². The molecule has 1 amide bonds. The summed E-state index contributed by atoms with van der Waals surface area (Å²) >= 11 is 0. The van der Waals surface area contributed by atoms with Gasteiger partial charge in [-0.2, -0.15) is 0 Å². The Balaban J connectivity index is 2.35. The van der Waals surface area contributed by atoms with Gasteiger partial charge in [0.1, 0.15) is 7.11 Å². The molecule has 0 unspecified atom stereocenters. The summed E-state index contributed by atoms with van der Waals surface area (Å²) in [7, 11) is 1.54. The Morgan fingerprint density at radius 3 is 2.64 bits per heavy atom. The molecule has 0 aromatic rings. The van der Waals surface area contributed by atoms with Crippen molar-refractivity contribution >= 4 is 12.1 Å². The van der Waals surface area contributed by atoms with Crippen LogP contribution in [0.2, 0.25) is 0 Å². The Bertz CT molecular complexity index is 158. The van der Waals surface area contributed by atoms with Crippen LogP contribution in [0.5, 0.6) is 0 Å². The Labute approximate surface area is 65.8 Å². The number of carbonyl (C=O) groups is 1. The summed E-state index contributed by atoms with van der Waals surface area (Å²) in [5, 5.41) is 3.83. The summed E-state index contributed by atoms with van der Waals surface area (Å²) in [6, 6.07) is 0. The highest BCUT2D eigenvalue weighted by atomic mass is 16.6. The van der Waals surface area contributed by atoms with E-state index in [0.29, 0.717) is 0 Å². The molecule has 0 N–H and O–H groups in total. The van der Waals surface area contributed by atoms with Crippen LogP contribution in [0.3, 0.4) is 0 Å². The maximum atomic E-state index is 10.3. The van der Waals surface area contributed by atoms with Crippen LogP contribution in [0.1, 0.15) is 12.8 Å². The van der Waals surface area contributed by atoms with Gasteiger partial charge in [-0.05, 0) is 0 Å². The molecule has 0 atom stereocenters. The number of piperidine rings is 1. The predicted octanol–water partition coefficient (Wildman–Crippen LogP) is 0.241. The molecule has 0 aromatic carbocycles. The van der Waals surface area contributed by atoms with E-state index >= 15 is 0 Å². The Morgan fingerprint density at radius 2 is 2.18 bits per heavy atom. The van der Waals surface area contributed by atoms with Gasteiger partial charge in [-0.15, -0.1) is 0 Å². The largest absolute Gasteiger partial charge is 0.399 e. The van der Waals surface area contributed by atoms with E-state index in [4.69, 9.17) is 0 Å². The van der Waals surface area contributed by atoms with Crippen LogP contribution in [0.15, 0.2) is 5.16 Å². The maximum Gasteiger partial charge on any atom is 0.209 e. The fraction of sp³-hybridized carbons (Fsp3) is 0.714. The highest BCUT2D eigenvalue weighted by Crippen LogP contribution is 2.04. The van der Waals surface area contributed by atoms with Gasteiger partial charge in [-0.25, -0.2) is 0 Å². The van der Waals surface area contributed by atoms with Gasteiger partial charge in [0, 0.05) is 25.9 Å². The average Bonchev–Trinajstić information content (AvgIpc) is 2.07. The molecular weight excluding hydrogens is 144 g/mol. The van der Waals surface area contributed by atoms with E-state index in [1.165, 1.54) is 0 Å². The molecule has 1 saturated heterocycles. The van der Waals surface area contributed by atoms with E-state index in [-0.39, 0.29) is 0 Å². The third-order valence-corrected chi connectivity index (χ3v) is 1.74. The molecule has 0 spiro atoms. The first-order chi connectivity index (χ1) is 5.36. The molecule has 1 rings (SSSR count). The Morgan fingerprint density at radius 1 is 1.55 bits per heavy atom. The van der Waals surface area contributed by atoms with Crippen molar-refractivity contribution in [1.29, 1.82) is 0 Å². The van der Waals surface area contributed by atoms with Crippen molar-refractivity contribution in [3.05, 3.63) is 0 Å². The number of nitrogens with zero attached hydrogens (tertiary/aromatic N) is 2.